The van der Waals surface area contributed by atoms with Gasteiger partial charge in [-0.05, 0) is 32.4 Å². The van der Waals surface area contributed by atoms with E-state index in [0.717, 1.165) is 0 Å². The molecule has 0 aromatic heterocycles. The van der Waals surface area contributed by atoms with Crippen molar-refractivity contribution in [3.05, 3.63) is 35.4 Å². The fourth-order valence-electron chi connectivity index (χ4n) is 1.77. The zero-order valence-corrected chi connectivity index (χ0v) is 13.0. The molecule has 0 aliphatic heterocycles. The van der Waals surface area contributed by atoms with Gasteiger partial charge in [-0.2, -0.15) is 0 Å². The third-order valence-corrected chi connectivity index (χ3v) is 2.82. The van der Waals surface area contributed by atoms with E-state index >= 15 is 0 Å². The Labute approximate surface area is 129 Å². The number of hydrogen-bond donors (Lipinski definition) is 0. The monoisotopic (exact) mass is 308 g/mol. The molecule has 0 heterocycles. The van der Waals surface area contributed by atoms with Crippen molar-refractivity contribution in [1.29, 1.82) is 0 Å². The summed E-state index contributed by atoms with van der Waals surface area (Å²) >= 11 is 0. The Balaban J connectivity index is 2.83. The van der Waals surface area contributed by atoms with E-state index in [9.17, 15) is 14.4 Å². The highest BCUT2D eigenvalue weighted by molar-refractivity contribution is 5.93. The maximum Gasteiger partial charge on any atom is 0.348 e. The van der Waals surface area contributed by atoms with E-state index in [4.69, 9.17) is 14.2 Å². The average molecular weight is 308 g/mol. The highest BCUT2D eigenvalue weighted by Gasteiger charge is 2.28. The summed E-state index contributed by atoms with van der Waals surface area (Å²) in [4.78, 5) is 35.5. The molecule has 1 rings (SSSR count). The molecule has 0 unspecified atom stereocenters. The van der Waals surface area contributed by atoms with E-state index in [1.54, 1.807) is 45.0 Å². The zero-order chi connectivity index (χ0) is 16.5. The number of ether oxygens (including phenoxy) is 3. The second-order valence-corrected chi connectivity index (χ2v) is 4.47. The molecule has 22 heavy (non-hydrogen) atoms. The van der Waals surface area contributed by atoms with Crippen molar-refractivity contribution in [2.24, 2.45) is 0 Å². The first-order valence-electron chi connectivity index (χ1n) is 7.08. The summed E-state index contributed by atoms with van der Waals surface area (Å²) in [7, 11) is 0. The fourth-order valence-corrected chi connectivity index (χ4v) is 1.77. The van der Waals surface area contributed by atoms with Crippen molar-refractivity contribution in [2.75, 3.05) is 13.2 Å². The van der Waals surface area contributed by atoms with Crippen LogP contribution in [-0.4, -0.2) is 37.2 Å². The van der Waals surface area contributed by atoms with Crippen molar-refractivity contribution < 1.29 is 28.6 Å². The number of carbonyl (C=O) groups is 3. The first-order valence-corrected chi connectivity index (χ1v) is 7.08. The highest BCUT2D eigenvalue weighted by Crippen LogP contribution is 2.12. The van der Waals surface area contributed by atoms with E-state index in [1.165, 1.54) is 0 Å². The molecule has 1 aromatic carbocycles. The van der Waals surface area contributed by atoms with E-state index < -0.39 is 24.0 Å². The molecule has 120 valence electrons. The van der Waals surface area contributed by atoms with Crippen LogP contribution in [0.25, 0.3) is 0 Å². The van der Waals surface area contributed by atoms with E-state index in [-0.39, 0.29) is 19.6 Å². The lowest BCUT2D eigenvalue weighted by atomic mass is 10.1. The smallest absolute Gasteiger partial charge is 0.348 e. The molecule has 6 heteroatoms. The van der Waals surface area contributed by atoms with Gasteiger partial charge in [0.25, 0.3) is 0 Å². The molecular formula is C16H20O6. The SMILES string of the molecule is CCOC(=O)C[C@H](OC(=O)c1ccccc1C)C(=O)OCC. The first-order chi connectivity index (χ1) is 10.5. The lowest BCUT2D eigenvalue weighted by Crippen LogP contribution is -2.32. The van der Waals surface area contributed by atoms with Crippen molar-refractivity contribution >= 4 is 17.9 Å². The van der Waals surface area contributed by atoms with Crippen LogP contribution in [0.1, 0.15) is 36.2 Å². The number of esters is 3. The Morgan fingerprint density at radius 1 is 1.05 bits per heavy atom. The maximum absolute atomic E-state index is 12.1. The largest absolute Gasteiger partial charge is 0.466 e. The maximum atomic E-state index is 12.1. The Hall–Kier alpha value is -2.37. The topological polar surface area (TPSA) is 78.9 Å². The van der Waals surface area contributed by atoms with Gasteiger partial charge in [0.05, 0.1) is 25.2 Å². The van der Waals surface area contributed by atoms with Gasteiger partial charge in [-0.25, -0.2) is 9.59 Å². The molecule has 0 aliphatic rings. The van der Waals surface area contributed by atoms with Crippen LogP contribution in [0.2, 0.25) is 0 Å². The van der Waals surface area contributed by atoms with E-state index in [1.807, 2.05) is 0 Å². The first kappa shape index (κ1) is 17.7. The third-order valence-electron chi connectivity index (χ3n) is 2.82. The van der Waals surface area contributed by atoms with Gasteiger partial charge in [0.1, 0.15) is 0 Å². The normalized spacial score (nSPS) is 11.4. The lowest BCUT2D eigenvalue weighted by molar-refractivity contribution is -0.160. The van der Waals surface area contributed by atoms with Crippen LogP contribution in [0.15, 0.2) is 24.3 Å². The Bertz CT molecular complexity index is 537. The Kier molecular flexibility index (Phi) is 7.08. The minimum absolute atomic E-state index is 0.125. The van der Waals surface area contributed by atoms with Crippen LogP contribution in [0.5, 0.6) is 0 Å². The van der Waals surface area contributed by atoms with Crippen LogP contribution >= 0.6 is 0 Å². The van der Waals surface area contributed by atoms with Crippen LogP contribution in [0.3, 0.4) is 0 Å². The summed E-state index contributed by atoms with van der Waals surface area (Å²) in [6.07, 6.45) is -1.68. The van der Waals surface area contributed by atoms with Crippen LogP contribution in [0.4, 0.5) is 0 Å². The number of benzene rings is 1. The minimum atomic E-state index is -1.31. The molecule has 0 fully saturated rings. The second kappa shape index (κ2) is 8.81. The summed E-state index contributed by atoms with van der Waals surface area (Å²) in [5, 5.41) is 0. The molecule has 0 radical (unpaired) electrons. The van der Waals surface area contributed by atoms with Crippen LogP contribution in [0, 0.1) is 6.92 Å². The quantitative estimate of drug-likeness (QED) is 0.566. The van der Waals surface area contributed by atoms with Gasteiger partial charge in [0.15, 0.2) is 0 Å². The molecule has 1 aromatic rings. The van der Waals surface area contributed by atoms with Gasteiger partial charge >= 0.3 is 17.9 Å². The highest BCUT2D eigenvalue weighted by atomic mass is 16.6. The lowest BCUT2D eigenvalue weighted by Gasteiger charge is -2.16. The molecule has 0 saturated carbocycles. The molecule has 6 nitrogen and oxygen atoms in total. The molecule has 0 saturated heterocycles. The summed E-state index contributed by atoms with van der Waals surface area (Å²) in [6, 6.07) is 6.81. The van der Waals surface area contributed by atoms with Gasteiger partial charge in [0, 0.05) is 0 Å². The Morgan fingerprint density at radius 3 is 2.27 bits per heavy atom. The van der Waals surface area contributed by atoms with Gasteiger partial charge in [-0.15, -0.1) is 0 Å². The number of rotatable bonds is 7. The van der Waals surface area contributed by atoms with Crippen molar-refractivity contribution in [3.63, 3.8) is 0 Å². The summed E-state index contributed by atoms with van der Waals surface area (Å²) in [5.41, 5.74) is 1.05. The van der Waals surface area contributed by atoms with E-state index in [0.29, 0.717) is 11.1 Å². The van der Waals surface area contributed by atoms with Crippen molar-refractivity contribution in [1.82, 2.24) is 0 Å². The predicted octanol–water partition coefficient (Wildman–Crippen LogP) is 2.04. The summed E-state index contributed by atoms with van der Waals surface area (Å²) in [5.74, 6) is -2.07. The second-order valence-electron chi connectivity index (χ2n) is 4.47. The van der Waals surface area contributed by atoms with Crippen LogP contribution in [-0.2, 0) is 23.8 Å². The molecule has 0 bridgehead atoms. The standard InChI is InChI=1S/C16H20O6/c1-4-20-14(17)10-13(16(19)21-5-2)22-15(18)12-9-7-6-8-11(12)3/h6-9,13H,4-5,10H2,1-3H3/t13-/m0/s1. The molecule has 0 N–H and O–H groups in total. The number of carbonyl (C=O) groups excluding carboxylic acids is 3. The average Bonchev–Trinajstić information content (AvgIpc) is 2.47. The van der Waals surface area contributed by atoms with Gasteiger partial charge < -0.3 is 14.2 Å². The molecule has 0 aliphatic carbocycles. The molecule has 0 spiro atoms. The predicted molar refractivity (Wildman–Crippen MR) is 78.3 cm³/mol. The van der Waals surface area contributed by atoms with Gasteiger partial charge in [-0.3, -0.25) is 4.79 Å². The van der Waals surface area contributed by atoms with Crippen LogP contribution < -0.4 is 0 Å². The van der Waals surface area contributed by atoms with Crippen molar-refractivity contribution in [2.45, 2.75) is 33.3 Å². The minimum Gasteiger partial charge on any atom is -0.466 e. The number of aryl methyl sites for hydroxylation is 1. The van der Waals surface area contributed by atoms with Crippen molar-refractivity contribution in [3.8, 4) is 0 Å². The van der Waals surface area contributed by atoms with Gasteiger partial charge in [-0.1, -0.05) is 18.2 Å². The fraction of sp³-hybridized carbons (Fsp3) is 0.438. The van der Waals surface area contributed by atoms with Gasteiger partial charge in [0.2, 0.25) is 6.10 Å². The molecule has 0 amide bonds. The summed E-state index contributed by atoms with van der Waals surface area (Å²) < 4.78 is 14.7. The summed E-state index contributed by atoms with van der Waals surface area (Å²) in [6.45, 7) is 5.33. The number of hydrogen-bond acceptors (Lipinski definition) is 6. The zero-order valence-electron chi connectivity index (χ0n) is 13.0. The molecule has 1 atom stereocenters. The Morgan fingerprint density at radius 2 is 1.68 bits per heavy atom. The van der Waals surface area contributed by atoms with E-state index in [2.05, 4.69) is 0 Å². The molecular weight excluding hydrogens is 288 g/mol. The third kappa shape index (κ3) is 5.20.